The summed E-state index contributed by atoms with van der Waals surface area (Å²) in [7, 11) is 0. The molecule has 1 aliphatic rings. The molecule has 2 amide bonds. The third-order valence-electron chi connectivity index (χ3n) is 5.10. The van der Waals surface area contributed by atoms with Gasteiger partial charge in [-0.25, -0.2) is 0 Å². The fourth-order valence-electron chi connectivity index (χ4n) is 3.57. The molecule has 1 saturated carbocycles. The minimum atomic E-state index is -0.946. The van der Waals surface area contributed by atoms with Crippen molar-refractivity contribution in [1.82, 2.24) is 10.6 Å². The lowest BCUT2D eigenvalue weighted by atomic mass is 9.87. The van der Waals surface area contributed by atoms with Gasteiger partial charge in [-0.1, -0.05) is 49.1 Å². The number of benzene rings is 1. The molecule has 3 N–H and O–H groups in total. The lowest BCUT2D eigenvalue weighted by molar-refractivity contribution is -0.141. The molecule has 1 unspecified atom stereocenters. The van der Waals surface area contributed by atoms with E-state index in [4.69, 9.17) is 0 Å². The topological polar surface area (TPSA) is 95.5 Å². The first-order valence-electron chi connectivity index (χ1n) is 9.76. The van der Waals surface area contributed by atoms with Gasteiger partial charge in [0.15, 0.2) is 0 Å². The summed E-state index contributed by atoms with van der Waals surface area (Å²) < 4.78 is 0. The highest BCUT2D eigenvalue weighted by molar-refractivity contribution is 5.85. The first kappa shape index (κ1) is 20.9. The molecule has 6 heteroatoms. The Morgan fingerprint density at radius 1 is 1.11 bits per heavy atom. The van der Waals surface area contributed by atoms with Crippen LogP contribution >= 0.6 is 0 Å². The van der Waals surface area contributed by atoms with Gasteiger partial charge in [-0.05, 0) is 37.7 Å². The maximum atomic E-state index is 12.0. The second-order valence-electron chi connectivity index (χ2n) is 7.52. The van der Waals surface area contributed by atoms with Gasteiger partial charge in [-0.15, -0.1) is 0 Å². The van der Waals surface area contributed by atoms with Crippen molar-refractivity contribution < 1.29 is 19.5 Å². The van der Waals surface area contributed by atoms with Gasteiger partial charge in [-0.3, -0.25) is 14.4 Å². The van der Waals surface area contributed by atoms with Crippen LogP contribution in [0.1, 0.15) is 49.7 Å². The first-order chi connectivity index (χ1) is 12.9. The van der Waals surface area contributed by atoms with Gasteiger partial charge in [0.2, 0.25) is 11.8 Å². The third kappa shape index (κ3) is 7.81. The molecular weight excluding hydrogens is 344 g/mol. The molecule has 0 spiro atoms. The highest BCUT2D eigenvalue weighted by atomic mass is 16.4. The molecule has 0 saturated heterocycles. The maximum Gasteiger partial charge on any atom is 0.308 e. The van der Waals surface area contributed by atoms with E-state index in [-0.39, 0.29) is 24.9 Å². The van der Waals surface area contributed by atoms with Gasteiger partial charge in [0.25, 0.3) is 0 Å². The molecule has 148 valence electrons. The summed E-state index contributed by atoms with van der Waals surface area (Å²) in [5.41, 5.74) is 2.00. The number of nitrogens with one attached hydrogen (secondary N) is 2. The Hall–Kier alpha value is -2.37. The Balaban J connectivity index is 1.71. The van der Waals surface area contributed by atoms with Crippen LogP contribution < -0.4 is 10.6 Å². The smallest absolute Gasteiger partial charge is 0.308 e. The van der Waals surface area contributed by atoms with E-state index >= 15 is 0 Å². The first-order valence-corrected chi connectivity index (χ1v) is 9.76. The van der Waals surface area contributed by atoms with Gasteiger partial charge in [0.05, 0.1) is 12.5 Å². The zero-order valence-electron chi connectivity index (χ0n) is 16.0. The SMILES string of the molecule is Cc1cccc(CC(CNC(=O)CNC(=O)CC2CCCCC2)C(=O)O)c1. The van der Waals surface area contributed by atoms with Crippen LogP contribution in [0.25, 0.3) is 0 Å². The highest BCUT2D eigenvalue weighted by Gasteiger charge is 2.20. The quantitative estimate of drug-likeness (QED) is 0.619. The molecule has 1 aromatic rings. The minimum Gasteiger partial charge on any atom is -0.481 e. The Morgan fingerprint density at radius 3 is 2.52 bits per heavy atom. The van der Waals surface area contributed by atoms with Gasteiger partial charge >= 0.3 is 5.97 Å². The summed E-state index contributed by atoms with van der Waals surface area (Å²) in [5, 5.41) is 14.7. The molecule has 1 atom stereocenters. The average Bonchev–Trinajstić information content (AvgIpc) is 2.64. The normalized spacial score (nSPS) is 15.7. The molecule has 0 radical (unpaired) electrons. The van der Waals surface area contributed by atoms with Gasteiger partial charge < -0.3 is 15.7 Å². The van der Waals surface area contributed by atoms with Gasteiger partial charge in [-0.2, -0.15) is 0 Å². The predicted octanol–water partition coefficient (Wildman–Crippen LogP) is 2.44. The van der Waals surface area contributed by atoms with Crippen molar-refractivity contribution in [1.29, 1.82) is 0 Å². The number of amides is 2. The van der Waals surface area contributed by atoms with E-state index in [9.17, 15) is 19.5 Å². The van der Waals surface area contributed by atoms with Crippen molar-refractivity contribution in [2.75, 3.05) is 13.1 Å². The molecule has 0 aliphatic heterocycles. The van der Waals surface area contributed by atoms with Crippen molar-refractivity contribution in [2.45, 2.75) is 51.9 Å². The summed E-state index contributed by atoms with van der Waals surface area (Å²) in [4.78, 5) is 35.4. The molecule has 6 nitrogen and oxygen atoms in total. The van der Waals surface area contributed by atoms with Crippen LogP contribution in [-0.4, -0.2) is 36.0 Å². The number of hydrogen-bond acceptors (Lipinski definition) is 3. The highest BCUT2D eigenvalue weighted by Crippen LogP contribution is 2.25. The number of aliphatic carboxylic acids is 1. The largest absolute Gasteiger partial charge is 0.481 e. The van der Waals surface area contributed by atoms with Crippen molar-refractivity contribution in [3.8, 4) is 0 Å². The monoisotopic (exact) mass is 374 g/mol. The van der Waals surface area contributed by atoms with Crippen LogP contribution in [0.2, 0.25) is 0 Å². The molecule has 1 aromatic carbocycles. The van der Waals surface area contributed by atoms with Crippen LogP contribution in [0.3, 0.4) is 0 Å². The van der Waals surface area contributed by atoms with Crippen LogP contribution in [0.15, 0.2) is 24.3 Å². The molecule has 27 heavy (non-hydrogen) atoms. The summed E-state index contributed by atoms with van der Waals surface area (Å²) in [6.07, 6.45) is 6.58. The second-order valence-corrected chi connectivity index (χ2v) is 7.52. The Bertz CT molecular complexity index is 653. The van der Waals surface area contributed by atoms with Crippen LogP contribution in [0.4, 0.5) is 0 Å². The van der Waals surface area contributed by atoms with Gasteiger partial charge in [0, 0.05) is 13.0 Å². The molecule has 1 aliphatic carbocycles. The van der Waals surface area contributed by atoms with Crippen LogP contribution in [0, 0.1) is 18.8 Å². The molecule has 2 rings (SSSR count). The van der Waals surface area contributed by atoms with E-state index in [0.29, 0.717) is 18.8 Å². The Morgan fingerprint density at radius 2 is 1.85 bits per heavy atom. The maximum absolute atomic E-state index is 12.0. The van der Waals surface area contributed by atoms with Crippen molar-refractivity contribution >= 4 is 17.8 Å². The van der Waals surface area contributed by atoms with Crippen molar-refractivity contribution in [3.05, 3.63) is 35.4 Å². The van der Waals surface area contributed by atoms with Crippen molar-refractivity contribution in [2.24, 2.45) is 11.8 Å². The van der Waals surface area contributed by atoms with Crippen molar-refractivity contribution in [3.63, 3.8) is 0 Å². The number of carboxylic acid groups (broad SMARTS) is 1. The van der Waals surface area contributed by atoms with Crippen LogP contribution in [-0.2, 0) is 20.8 Å². The van der Waals surface area contributed by atoms with E-state index in [1.54, 1.807) is 0 Å². The number of carbonyl (C=O) groups excluding carboxylic acids is 2. The standard InChI is InChI=1S/C21H30N2O4/c1-15-6-5-9-17(10-15)11-18(21(26)27)13-22-20(25)14-23-19(24)12-16-7-3-2-4-8-16/h5-6,9-10,16,18H,2-4,7-8,11-14H2,1H3,(H,22,25)(H,23,24)(H,26,27). The fraction of sp³-hybridized carbons (Fsp3) is 0.571. The summed E-state index contributed by atoms with van der Waals surface area (Å²) in [6.45, 7) is 1.89. The molecule has 0 heterocycles. The number of hydrogen-bond donors (Lipinski definition) is 3. The lowest BCUT2D eigenvalue weighted by Gasteiger charge is -2.20. The zero-order valence-corrected chi connectivity index (χ0v) is 16.0. The summed E-state index contributed by atoms with van der Waals surface area (Å²) in [6, 6.07) is 7.68. The van der Waals surface area contributed by atoms with E-state index in [0.717, 1.165) is 24.0 Å². The summed E-state index contributed by atoms with van der Waals surface area (Å²) in [5.74, 6) is -1.69. The number of carboxylic acids is 1. The number of rotatable bonds is 9. The molecule has 0 bridgehead atoms. The Labute approximate surface area is 160 Å². The number of carbonyl (C=O) groups is 3. The molecule has 0 aromatic heterocycles. The molecular formula is C21H30N2O4. The third-order valence-corrected chi connectivity index (χ3v) is 5.10. The average molecular weight is 374 g/mol. The summed E-state index contributed by atoms with van der Waals surface area (Å²) >= 11 is 0. The van der Waals surface area contributed by atoms with E-state index < -0.39 is 11.9 Å². The predicted molar refractivity (Wildman–Crippen MR) is 103 cm³/mol. The second kappa shape index (κ2) is 10.7. The van der Waals surface area contributed by atoms with E-state index in [1.807, 2.05) is 31.2 Å². The fourth-order valence-corrected chi connectivity index (χ4v) is 3.57. The minimum absolute atomic E-state index is 0.0423. The lowest BCUT2D eigenvalue weighted by Crippen LogP contribution is -2.41. The molecule has 1 fully saturated rings. The van der Waals surface area contributed by atoms with E-state index in [2.05, 4.69) is 10.6 Å². The number of aryl methyl sites for hydroxylation is 1. The van der Waals surface area contributed by atoms with Gasteiger partial charge in [0.1, 0.15) is 0 Å². The van der Waals surface area contributed by atoms with Crippen LogP contribution in [0.5, 0.6) is 0 Å². The van der Waals surface area contributed by atoms with E-state index in [1.165, 1.54) is 19.3 Å². The zero-order chi connectivity index (χ0) is 19.6. The Kier molecular flexibility index (Phi) is 8.30.